The molecule has 0 amide bonds. The van der Waals surface area contributed by atoms with E-state index in [0.717, 1.165) is 12.4 Å². The maximum Gasteiger partial charge on any atom is 0.124 e. The monoisotopic (exact) mass is 191 g/mol. The Hall–Kier alpha value is -1.02. The number of rotatable bonds is 1. The summed E-state index contributed by atoms with van der Waals surface area (Å²) in [5.41, 5.74) is 1.43. The van der Waals surface area contributed by atoms with Gasteiger partial charge in [0.25, 0.3) is 0 Å². The van der Waals surface area contributed by atoms with Crippen LogP contribution in [0, 0.1) is 5.41 Å². The molecule has 0 fully saturated rings. The summed E-state index contributed by atoms with van der Waals surface area (Å²) in [5.74, 6) is 1.02. The van der Waals surface area contributed by atoms with Gasteiger partial charge in [-0.1, -0.05) is 32.0 Å². The highest BCUT2D eigenvalue weighted by Gasteiger charge is 2.35. The molecule has 1 heterocycles. The van der Waals surface area contributed by atoms with E-state index in [4.69, 9.17) is 4.74 Å². The topological polar surface area (TPSA) is 21.3 Å². The Morgan fingerprint density at radius 1 is 1.36 bits per heavy atom. The largest absolute Gasteiger partial charge is 0.493 e. The zero-order valence-corrected chi connectivity index (χ0v) is 9.00. The normalized spacial score (nSPS) is 23.8. The van der Waals surface area contributed by atoms with E-state index in [2.05, 4.69) is 31.3 Å². The highest BCUT2D eigenvalue weighted by Crippen LogP contribution is 2.41. The fourth-order valence-corrected chi connectivity index (χ4v) is 2.16. The van der Waals surface area contributed by atoms with Gasteiger partial charge in [0.1, 0.15) is 5.75 Å². The fourth-order valence-electron chi connectivity index (χ4n) is 2.16. The van der Waals surface area contributed by atoms with Crippen LogP contribution in [-0.2, 0) is 0 Å². The molecule has 0 saturated heterocycles. The molecule has 1 aliphatic rings. The summed E-state index contributed by atoms with van der Waals surface area (Å²) in [6.45, 7) is 5.23. The van der Waals surface area contributed by atoms with Gasteiger partial charge in [0.05, 0.1) is 6.61 Å². The first-order valence-corrected chi connectivity index (χ1v) is 5.04. The lowest BCUT2D eigenvalue weighted by Crippen LogP contribution is -2.40. The summed E-state index contributed by atoms with van der Waals surface area (Å²) < 4.78 is 5.73. The molecule has 1 unspecified atom stereocenters. The van der Waals surface area contributed by atoms with E-state index in [1.807, 2.05) is 19.2 Å². The van der Waals surface area contributed by atoms with E-state index < -0.39 is 0 Å². The molecular weight excluding hydrogens is 174 g/mol. The molecule has 1 aliphatic heterocycles. The molecule has 1 atom stereocenters. The van der Waals surface area contributed by atoms with E-state index in [-0.39, 0.29) is 5.41 Å². The maximum absolute atomic E-state index is 5.73. The van der Waals surface area contributed by atoms with Crippen LogP contribution in [0.5, 0.6) is 5.75 Å². The van der Waals surface area contributed by atoms with Crippen molar-refractivity contribution in [2.24, 2.45) is 5.41 Å². The molecule has 2 nitrogen and oxygen atoms in total. The molecule has 0 spiro atoms. The van der Waals surface area contributed by atoms with Gasteiger partial charge in [-0.15, -0.1) is 0 Å². The summed E-state index contributed by atoms with van der Waals surface area (Å²) in [6.07, 6.45) is 0. The number of fused-ring (bicyclic) bond motifs is 1. The third-order valence-corrected chi connectivity index (χ3v) is 2.90. The first-order valence-electron chi connectivity index (χ1n) is 5.04. The minimum absolute atomic E-state index is 0.156. The van der Waals surface area contributed by atoms with Crippen LogP contribution in [0.3, 0.4) is 0 Å². The van der Waals surface area contributed by atoms with Crippen LogP contribution in [0.4, 0.5) is 0 Å². The molecule has 0 saturated carbocycles. The van der Waals surface area contributed by atoms with Crippen molar-refractivity contribution in [3.63, 3.8) is 0 Å². The fraction of sp³-hybridized carbons (Fsp3) is 0.500. The van der Waals surface area contributed by atoms with E-state index in [0.29, 0.717) is 6.04 Å². The summed E-state index contributed by atoms with van der Waals surface area (Å²) in [5, 5.41) is 3.37. The average Bonchev–Trinajstić information content (AvgIpc) is 2.17. The van der Waals surface area contributed by atoms with Gasteiger partial charge in [-0.3, -0.25) is 0 Å². The molecule has 1 N–H and O–H groups in total. The lowest BCUT2D eigenvalue weighted by Gasteiger charge is -2.39. The maximum atomic E-state index is 5.73. The number of ether oxygens (including phenoxy) is 1. The minimum Gasteiger partial charge on any atom is -0.493 e. The molecule has 2 rings (SSSR count). The molecular formula is C12H17NO. The SMILES string of the molecule is CNC1c2ccccc2OCC1(C)C. The van der Waals surface area contributed by atoms with Gasteiger partial charge in [-0.2, -0.15) is 0 Å². The minimum atomic E-state index is 0.156. The van der Waals surface area contributed by atoms with Gasteiger partial charge in [0.2, 0.25) is 0 Å². The summed E-state index contributed by atoms with van der Waals surface area (Å²) in [6, 6.07) is 8.64. The number of para-hydroxylation sites is 1. The first-order chi connectivity index (χ1) is 6.65. The zero-order valence-electron chi connectivity index (χ0n) is 9.00. The van der Waals surface area contributed by atoms with Crippen LogP contribution < -0.4 is 10.1 Å². The second-order valence-corrected chi connectivity index (χ2v) is 4.54. The van der Waals surface area contributed by atoms with Crippen molar-refractivity contribution in [2.75, 3.05) is 13.7 Å². The van der Waals surface area contributed by atoms with Crippen molar-refractivity contribution >= 4 is 0 Å². The number of benzene rings is 1. The molecule has 2 heteroatoms. The van der Waals surface area contributed by atoms with Crippen LogP contribution in [0.15, 0.2) is 24.3 Å². The van der Waals surface area contributed by atoms with Gasteiger partial charge in [0, 0.05) is 17.0 Å². The first kappa shape index (κ1) is 9.53. The predicted molar refractivity (Wildman–Crippen MR) is 57.5 cm³/mol. The molecule has 0 aliphatic carbocycles. The second kappa shape index (κ2) is 3.28. The van der Waals surface area contributed by atoms with Crippen molar-refractivity contribution in [1.29, 1.82) is 0 Å². The van der Waals surface area contributed by atoms with Gasteiger partial charge < -0.3 is 10.1 Å². The van der Waals surface area contributed by atoms with Crippen molar-refractivity contribution in [1.82, 2.24) is 5.32 Å². The Morgan fingerprint density at radius 3 is 2.79 bits per heavy atom. The van der Waals surface area contributed by atoms with Crippen LogP contribution in [0.25, 0.3) is 0 Å². The summed E-state index contributed by atoms with van der Waals surface area (Å²) in [4.78, 5) is 0. The van der Waals surface area contributed by atoms with E-state index in [1.54, 1.807) is 0 Å². The predicted octanol–water partition coefficient (Wildman–Crippen LogP) is 2.37. The van der Waals surface area contributed by atoms with Gasteiger partial charge in [-0.25, -0.2) is 0 Å². The molecule has 1 aromatic carbocycles. The Labute approximate surface area is 85.3 Å². The number of nitrogens with one attached hydrogen (secondary N) is 1. The van der Waals surface area contributed by atoms with Gasteiger partial charge in [-0.05, 0) is 13.1 Å². The van der Waals surface area contributed by atoms with Crippen LogP contribution in [0.1, 0.15) is 25.5 Å². The molecule has 76 valence electrons. The quantitative estimate of drug-likeness (QED) is 0.735. The van der Waals surface area contributed by atoms with Gasteiger partial charge >= 0.3 is 0 Å². The van der Waals surface area contributed by atoms with E-state index >= 15 is 0 Å². The van der Waals surface area contributed by atoms with Crippen LogP contribution in [-0.4, -0.2) is 13.7 Å². The van der Waals surface area contributed by atoms with Crippen molar-refractivity contribution in [3.8, 4) is 5.75 Å². The van der Waals surface area contributed by atoms with Crippen LogP contribution >= 0.6 is 0 Å². The van der Waals surface area contributed by atoms with E-state index in [1.165, 1.54) is 5.56 Å². The molecule has 0 radical (unpaired) electrons. The second-order valence-electron chi connectivity index (χ2n) is 4.54. The third kappa shape index (κ3) is 1.40. The zero-order chi connectivity index (χ0) is 10.2. The van der Waals surface area contributed by atoms with Crippen molar-refractivity contribution < 1.29 is 4.74 Å². The third-order valence-electron chi connectivity index (χ3n) is 2.90. The van der Waals surface area contributed by atoms with Crippen molar-refractivity contribution in [2.45, 2.75) is 19.9 Å². The Bertz CT molecular complexity index is 333. The van der Waals surface area contributed by atoms with E-state index in [9.17, 15) is 0 Å². The Morgan fingerprint density at radius 2 is 2.07 bits per heavy atom. The lowest BCUT2D eigenvalue weighted by atomic mass is 9.79. The molecule has 0 aromatic heterocycles. The smallest absolute Gasteiger partial charge is 0.124 e. The summed E-state index contributed by atoms with van der Waals surface area (Å²) in [7, 11) is 2.01. The highest BCUT2D eigenvalue weighted by atomic mass is 16.5. The highest BCUT2D eigenvalue weighted by molar-refractivity contribution is 5.38. The summed E-state index contributed by atoms with van der Waals surface area (Å²) >= 11 is 0. The Balaban J connectivity index is 2.45. The Kier molecular flexibility index (Phi) is 2.23. The number of hydrogen-bond donors (Lipinski definition) is 1. The van der Waals surface area contributed by atoms with Gasteiger partial charge in [0.15, 0.2) is 0 Å². The standard InChI is InChI=1S/C12H17NO/c1-12(2)8-14-10-7-5-4-6-9(10)11(12)13-3/h4-7,11,13H,8H2,1-3H3. The molecule has 14 heavy (non-hydrogen) atoms. The van der Waals surface area contributed by atoms with Crippen LogP contribution in [0.2, 0.25) is 0 Å². The lowest BCUT2D eigenvalue weighted by molar-refractivity contribution is 0.108. The van der Waals surface area contributed by atoms with Crippen molar-refractivity contribution in [3.05, 3.63) is 29.8 Å². The molecule has 0 bridgehead atoms. The molecule has 1 aromatic rings. The average molecular weight is 191 g/mol. The number of hydrogen-bond acceptors (Lipinski definition) is 2.